The molecule has 0 fully saturated rings. The zero-order chi connectivity index (χ0) is 15.6. The van der Waals surface area contributed by atoms with Crippen LogP contribution in [0.15, 0.2) is 18.3 Å². The van der Waals surface area contributed by atoms with Gasteiger partial charge >= 0.3 is 5.97 Å². The third kappa shape index (κ3) is 3.25. The van der Waals surface area contributed by atoms with Crippen molar-refractivity contribution in [3.8, 4) is 0 Å². The third-order valence-electron chi connectivity index (χ3n) is 2.95. The first-order valence-electron chi connectivity index (χ1n) is 6.33. The van der Waals surface area contributed by atoms with E-state index >= 15 is 0 Å². The van der Waals surface area contributed by atoms with Crippen LogP contribution in [0.3, 0.4) is 0 Å². The Morgan fingerprint density at radius 3 is 2.67 bits per heavy atom. The van der Waals surface area contributed by atoms with Gasteiger partial charge < -0.3 is 10.4 Å². The van der Waals surface area contributed by atoms with Gasteiger partial charge in [-0.2, -0.15) is 0 Å². The quantitative estimate of drug-likeness (QED) is 0.904. The van der Waals surface area contributed by atoms with Crippen molar-refractivity contribution in [2.45, 2.75) is 26.8 Å². The lowest BCUT2D eigenvalue weighted by molar-refractivity contribution is 0.0701. The Kier molecular flexibility index (Phi) is 4.32. The molecule has 6 nitrogen and oxygen atoms in total. The highest BCUT2D eigenvalue weighted by Gasteiger charge is 2.20. The van der Waals surface area contributed by atoms with E-state index in [1.165, 1.54) is 0 Å². The molecule has 0 saturated heterocycles. The number of carbonyl (C=O) groups is 2. The second kappa shape index (κ2) is 6.01. The molecule has 0 bridgehead atoms. The second-order valence-corrected chi connectivity index (χ2v) is 5.67. The van der Waals surface area contributed by atoms with E-state index in [9.17, 15) is 9.59 Å². The lowest BCUT2D eigenvalue weighted by Gasteiger charge is -2.11. The first-order chi connectivity index (χ1) is 9.90. The van der Waals surface area contributed by atoms with Gasteiger partial charge in [0.05, 0.1) is 11.7 Å². The van der Waals surface area contributed by atoms with Crippen LogP contribution in [-0.4, -0.2) is 27.0 Å². The topological polar surface area (TPSA) is 92.2 Å². The molecule has 0 aliphatic heterocycles. The Hall–Kier alpha value is -2.28. The molecule has 1 amide bonds. The maximum absolute atomic E-state index is 12.2. The van der Waals surface area contributed by atoms with Crippen molar-refractivity contribution in [2.24, 2.45) is 0 Å². The van der Waals surface area contributed by atoms with Crippen molar-refractivity contribution in [1.82, 2.24) is 15.3 Å². The van der Waals surface area contributed by atoms with Gasteiger partial charge in [-0.3, -0.25) is 9.78 Å². The fraction of sp³-hybridized carbons (Fsp3) is 0.286. The largest absolute Gasteiger partial charge is 0.477 e. The van der Waals surface area contributed by atoms with Crippen LogP contribution in [0.2, 0.25) is 0 Å². The van der Waals surface area contributed by atoms with Crippen molar-refractivity contribution in [3.05, 3.63) is 45.2 Å². The highest BCUT2D eigenvalue weighted by atomic mass is 32.1. The first-order valence-corrected chi connectivity index (χ1v) is 7.15. The van der Waals surface area contributed by atoms with Gasteiger partial charge in [0.15, 0.2) is 0 Å². The van der Waals surface area contributed by atoms with Crippen LogP contribution in [-0.2, 0) is 0 Å². The van der Waals surface area contributed by atoms with Crippen molar-refractivity contribution in [3.63, 3.8) is 0 Å². The number of thiazole rings is 1. The van der Waals surface area contributed by atoms with Gasteiger partial charge in [0.1, 0.15) is 15.6 Å². The number of carboxylic acid groups (broad SMARTS) is 1. The molecule has 0 aliphatic rings. The van der Waals surface area contributed by atoms with Crippen molar-refractivity contribution >= 4 is 23.2 Å². The highest BCUT2D eigenvalue weighted by molar-refractivity contribution is 7.13. The maximum Gasteiger partial charge on any atom is 0.347 e. The van der Waals surface area contributed by atoms with Gasteiger partial charge in [0.2, 0.25) is 0 Å². The number of hydrogen-bond acceptors (Lipinski definition) is 5. The molecule has 7 heteroatoms. The van der Waals surface area contributed by atoms with Crippen LogP contribution in [0.1, 0.15) is 49.4 Å². The second-order valence-electron chi connectivity index (χ2n) is 4.64. The van der Waals surface area contributed by atoms with Gasteiger partial charge in [-0.05, 0) is 32.4 Å². The summed E-state index contributed by atoms with van der Waals surface area (Å²) in [5.74, 6) is -1.30. The summed E-state index contributed by atoms with van der Waals surface area (Å²) < 4.78 is 0. The van der Waals surface area contributed by atoms with Crippen LogP contribution in [0.5, 0.6) is 0 Å². The predicted molar refractivity (Wildman–Crippen MR) is 78.7 cm³/mol. The number of pyridine rings is 1. The zero-order valence-corrected chi connectivity index (χ0v) is 12.7. The molecule has 0 radical (unpaired) electrons. The molecule has 0 aromatic carbocycles. The minimum atomic E-state index is -1.00. The smallest absolute Gasteiger partial charge is 0.347 e. The highest BCUT2D eigenvalue weighted by Crippen LogP contribution is 2.23. The third-order valence-corrected chi connectivity index (χ3v) is 4.28. The number of aromatic nitrogens is 2. The Bertz CT molecular complexity index is 697. The molecule has 0 saturated carbocycles. The Morgan fingerprint density at radius 1 is 1.38 bits per heavy atom. The average Bonchev–Trinajstić information content (AvgIpc) is 2.81. The molecule has 0 spiro atoms. The summed E-state index contributed by atoms with van der Waals surface area (Å²) in [6.07, 6.45) is 1.56. The van der Waals surface area contributed by atoms with E-state index in [4.69, 9.17) is 5.11 Å². The number of amides is 1. The Labute approximate surface area is 125 Å². The number of nitrogens with zero attached hydrogens (tertiary/aromatic N) is 2. The van der Waals surface area contributed by atoms with E-state index in [-0.39, 0.29) is 16.8 Å². The summed E-state index contributed by atoms with van der Waals surface area (Å²) in [6.45, 7) is 5.21. The fourth-order valence-corrected chi connectivity index (χ4v) is 2.76. The maximum atomic E-state index is 12.2. The summed E-state index contributed by atoms with van der Waals surface area (Å²) in [7, 11) is 0. The minimum absolute atomic E-state index is 0.195. The van der Waals surface area contributed by atoms with Gasteiger partial charge in [0.25, 0.3) is 5.91 Å². The van der Waals surface area contributed by atoms with Gasteiger partial charge in [-0.15, -0.1) is 11.3 Å². The molecule has 2 rings (SSSR count). The monoisotopic (exact) mass is 305 g/mol. The first kappa shape index (κ1) is 15.1. The van der Waals surface area contributed by atoms with Crippen LogP contribution in [0.4, 0.5) is 0 Å². The molecule has 0 aliphatic carbocycles. The molecule has 2 aromatic heterocycles. The molecule has 2 heterocycles. The number of rotatable bonds is 4. The zero-order valence-electron chi connectivity index (χ0n) is 11.9. The summed E-state index contributed by atoms with van der Waals surface area (Å²) in [5, 5.41) is 12.4. The Morgan fingerprint density at radius 2 is 2.10 bits per heavy atom. The summed E-state index contributed by atoms with van der Waals surface area (Å²) in [4.78, 5) is 31.6. The molecule has 2 aromatic rings. The predicted octanol–water partition coefficient (Wildman–Crippen LogP) is 2.34. The van der Waals surface area contributed by atoms with E-state index in [0.717, 1.165) is 16.9 Å². The van der Waals surface area contributed by atoms with Crippen LogP contribution >= 0.6 is 11.3 Å². The van der Waals surface area contributed by atoms with Gasteiger partial charge in [-0.25, -0.2) is 9.78 Å². The number of carbonyl (C=O) groups excluding carboxylic acids is 1. The average molecular weight is 305 g/mol. The van der Waals surface area contributed by atoms with Crippen molar-refractivity contribution in [2.75, 3.05) is 0 Å². The lowest BCUT2D eigenvalue weighted by atomic mass is 10.2. The number of carboxylic acids is 1. The minimum Gasteiger partial charge on any atom is -0.477 e. The molecular formula is C14H15N3O3S. The number of hydrogen-bond donors (Lipinski definition) is 2. The summed E-state index contributed by atoms with van der Waals surface area (Å²) in [6, 6.07) is 3.19. The molecule has 2 N–H and O–H groups in total. The molecule has 110 valence electrons. The van der Waals surface area contributed by atoms with Crippen LogP contribution in [0.25, 0.3) is 0 Å². The molecule has 21 heavy (non-hydrogen) atoms. The Balaban J connectivity index is 2.16. The van der Waals surface area contributed by atoms with Crippen LogP contribution in [0, 0.1) is 13.8 Å². The van der Waals surface area contributed by atoms with E-state index in [2.05, 4.69) is 15.3 Å². The van der Waals surface area contributed by atoms with E-state index in [1.54, 1.807) is 26.1 Å². The summed E-state index contributed by atoms with van der Waals surface area (Å²) >= 11 is 1.07. The molecule has 1 unspecified atom stereocenters. The number of aryl methyl sites for hydroxylation is 2. The summed E-state index contributed by atoms with van der Waals surface area (Å²) in [5.41, 5.74) is 1.59. The van der Waals surface area contributed by atoms with E-state index in [1.807, 2.05) is 13.0 Å². The molecular weight excluding hydrogens is 290 g/mol. The fourth-order valence-electron chi connectivity index (χ4n) is 1.85. The standard InChI is InChI=1S/C14H15N3O3S/c1-7-5-4-6-15-10(7)12(18)16-9(3)13-17-8(2)11(21-13)14(19)20/h4-6,9H,1-3H3,(H,16,18)(H,19,20). The SMILES string of the molecule is Cc1cccnc1C(=O)NC(C)c1nc(C)c(C(=O)O)s1. The van der Waals surface area contributed by atoms with Gasteiger partial charge in [-0.1, -0.05) is 6.07 Å². The molecule has 1 atom stereocenters. The van der Waals surface area contributed by atoms with Crippen LogP contribution < -0.4 is 5.32 Å². The van der Waals surface area contributed by atoms with Crippen molar-refractivity contribution < 1.29 is 14.7 Å². The van der Waals surface area contributed by atoms with Crippen molar-refractivity contribution in [1.29, 1.82) is 0 Å². The number of aromatic carboxylic acids is 1. The van der Waals surface area contributed by atoms with E-state index in [0.29, 0.717) is 16.4 Å². The normalized spacial score (nSPS) is 12.0. The van der Waals surface area contributed by atoms with Gasteiger partial charge in [0, 0.05) is 6.20 Å². The number of nitrogens with one attached hydrogen (secondary N) is 1. The van der Waals surface area contributed by atoms with E-state index < -0.39 is 5.97 Å². The lowest BCUT2D eigenvalue weighted by Crippen LogP contribution is -2.28.